The van der Waals surface area contributed by atoms with E-state index in [9.17, 15) is 0 Å². The molecule has 0 saturated heterocycles. The van der Waals surface area contributed by atoms with Crippen molar-refractivity contribution in [2.45, 2.75) is 31.8 Å². The summed E-state index contributed by atoms with van der Waals surface area (Å²) in [5.74, 6) is 0.918. The molecule has 0 amide bonds. The van der Waals surface area contributed by atoms with Gasteiger partial charge in [0.2, 0.25) is 0 Å². The van der Waals surface area contributed by atoms with Crippen LogP contribution in [0.1, 0.15) is 25.0 Å². The quantitative estimate of drug-likeness (QED) is 0.703. The third-order valence-electron chi connectivity index (χ3n) is 3.07. The van der Waals surface area contributed by atoms with Crippen LogP contribution in [0.15, 0.2) is 12.4 Å². The largest absolute Gasteiger partial charge is 0.385 e. The van der Waals surface area contributed by atoms with Gasteiger partial charge < -0.3 is 15.0 Å². The Morgan fingerprint density at radius 1 is 1.39 bits per heavy atom. The second-order valence-corrected chi connectivity index (χ2v) is 4.79. The summed E-state index contributed by atoms with van der Waals surface area (Å²) in [7, 11) is 3.75. The molecule has 1 aromatic heterocycles. The number of methoxy groups -OCH3 is 1. The van der Waals surface area contributed by atoms with Gasteiger partial charge in [-0.2, -0.15) is 0 Å². The van der Waals surface area contributed by atoms with Gasteiger partial charge >= 0.3 is 0 Å². The van der Waals surface area contributed by atoms with E-state index in [4.69, 9.17) is 4.74 Å². The highest BCUT2D eigenvalue weighted by atomic mass is 16.5. The van der Waals surface area contributed by atoms with Crippen LogP contribution in [-0.4, -0.2) is 43.3 Å². The normalized spacial score (nSPS) is 14.8. The lowest BCUT2D eigenvalue weighted by Crippen LogP contribution is -2.22. The number of aromatic nitrogens is 2. The van der Waals surface area contributed by atoms with Gasteiger partial charge in [-0.05, 0) is 19.3 Å². The summed E-state index contributed by atoms with van der Waals surface area (Å²) in [6.07, 6.45) is 7.30. The number of nitrogens with one attached hydrogen (secondary N) is 1. The van der Waals surface area contributed by atoms with E-state index in [1.54, 1.807) is 7.11 Å². The van der Waals surface area contributed by atoms with E-state index in [2.05, 4.69) is 20.2 Å². The Labute approximate surface area is 109 Å². The van der Waals surface area contributed by atoms with Crippen LogP contribution < -0.4 is 10.2 Å². The Morgan fingerprint density at radius 2 is 2.22 bits per heavy atom. The molecule has 0 atom stereocenters. The minimum Gasteiger partial charge on any atom is -0.385 e. The molecule has 1 N–H and O–H groups in total. The highest BCUT2D eigenvalue weighted by Crippen LogP contribution is 2.19. The fraction of sp³-hybridized carbons (Fsp3) is 0.692. The summed E-state index contributed by atoms with van der Waals surface area (Å²) in [5.41, 5.74) is 1.01. The van der Waals surface area contributed by atoms with Crippen LogP contribution in [0.4, 0.5) is 5.82 Å². The first-order valence-electron chi connectivity index (χ1n) is 6.54. The lowest BCUT2D eigenvalue weighted by Gasteiger charge is -2.17. The van der Waals surface area contributed by atoms with Crippen molar-refractivity contribution in [3.8, 4) is 0 Å². The Kier molecular flexibility index (Phi) is 4.90. The molecular weight excluding hydrogens is 228 g/mol. The molecule has 1 aromatic rings. The number of hydrogen-bond acceptors (Lipinski definition) is 5. The summed E-state index contributed by atoms with van der Waals surface area (Å²) in [6.45, 7) is 2.54. The molecule has 100 valence electrons. The van der Waals surface area contributed by atoms with Crippen LogP contribution in [-0.2, 0) is 11.3 Å². The van der Waals surface area contributed by atoms with E-state index in [0.29, 0.717) is 6.04 Å². The maximum atomic E-state index is 5.04. The molecule has 0 spiro atoms. The van der Waals surface area contributed by atoms with Gasteiger partial charge in [0.05, 0.1) is 18.1 Å². The van der Waals surface area contributed by atoms with Gasteiger partial charge in [-0.1, -0.05) is 0 Å². The lowest BCUT2D eigenvalue weighted by atomic mass is 10.4. The number of rotatable bonds is 8. The Morgan fingerprint density at radius 3 is 2.83 bits per heavy atom. The average molecular weight is 250 g/mol. The second kappa shape index (κ2) is 6.66. The predicted octanol–water partition coefficient (Wildman–Crippen LogP) is 1.20. The summed E-state index contributed by atoms with van der Waals surface area (Å²) >= 11 is 0. The molecule has 0 aliphatic heterocycles. The van der Waals surface area contributed by atoms with Gasteiger partial charge in [0, 0.05) is 39.9 Å². The molecule has 5 heteroatoms. The van der Waals surface area contributed by atoms with E-state index in [-0.39, 0.29) is 0 Å². The first-order chi connectivity index (χ1) is 8.79. The van der Waals surface area contributed by atoms with E-state index < -0.39 is 0 Å². The van der Waals surface area contributed by atoms with Gasteiger partial charge in [0.1, 0.15) is 5.82 Å². The zero-order chi connectivity index (χ0) is 12.8. The van der Waals surface area contributed by atoms with Crippen LogP contribution in [0.3, 0.4) is 0 Å². The van der Waals surface area contributed by atoms with Crippen molar-refractivity contribution in [2.24, 2.45) is 0 Å². The second-order valence-electron chi connectivity index (χ2n) is 4.79. The molecule has 1 fully saturated rings. The maximum absolute atomic E-state index is 5.04. The van der Waals surface area contributed by atoms with Crippen molar-refractivity contribution >= 4 is 5.82 Å². The summed E-state index contributed by atoms with van der Waals surface area (Å²) < 4.78 is 5.04. The third kappa shape index (κ3) is 4.23. The third-order valence-corrected chi connectivity index (χ3v) is 3.07. The van der Waals surface area contributed by atoms with Crippen LogP contribution in [0.5, 0.6) is 0 Å². The van der Waals surface area contributed by atoms with Gasteiger partial charge in [-0.15, -0.1) is 0 Å². The molecule has 18 heavy (non-hydrogen) atoms. The summed E-state index contributed by atoms with van der Waals surface area (Å²) in [6, 6.07) is 0.711. The Bertz CT molecular complexity index is 351. The zero-order valence-corrected chi connectivity index (χ0v) is 11.2. The van der Waals surface area contributed by atoms with Crippen LogP contribution in [0.2, 0.25) is 0 Å². The number of nitrogens with zero attached hydrogens (tertiary/aromatic N) is 3. The van der Waals surface area contributed by atoms with Crippen molar-refractivity contribution in [3.05, 3.63) is 18.1 Å². The topological polar surface area (TPSA) is 50.3 Å². The molecule has 1 saturated carbocycles. The van der Waals surface area contributed by atoms with Crippen molar-refractivity contribution < 1.29 is 4.74 Å². The van der Waals surface area contributed by atoms with Gasteiger partial charge in [-0.25, -0.2) is 4.98 Å². The van der Waals surface area contributed by atoms with Gasteiger partial charge in [0.25, 0.3) is 0 Å². The fourth-order valence-corrected chi connectivity index (χ4v) is 1.73. The summed E-state index contributed by atoms with van der Waals surface area (Å²) in [5, 5.41) is 3.43. The monoisotopic (exact) mass is 250 g/mol. The lowest BCUT2D eigenvalue weighted by molar-refractivity contribution is 0.196. The van der Waals surface area contributed by atoms with Crippen molar-refractivity contribution in [1.29, 1.82) is 0 Å². The minimum atomic E-state index is 0.711. The molecule has 0 bridgehead atoms. The zero-order valence-electron chi connectivity index (χ0n) is 11.2. The van der Waals surface area contributed by atoms with Crippen molar-refractivity contribution in [3.63, 3.8) is 0 Å². The van der Waals surface area contributed by atoms with Crippen molar-refractivity contribution in [2.75, 3.05) is 32.2 Å². The van der Waals surface area contributed by atoms with E-state index in [1.807, 2.05) is 19.4 Å². The maximum Gasteiger partial charge on any atom is 0.146 e. The van der Waals surface area contributed by atoms with E-state index in [0.717, 1.165) is 37.6 Å². The highest BCUT2D eigenvalue weighted by molar-refractivity contribution is 5.34. The highest BCUT2D eigenvalue weighted by Gasteiger charge is 2.20. The Hall–Kier alpha value is -1.20. The SMILES string of the molecule is COCCCN(C)c1cnc(CNC2CC2)cn1. The summed E-state index contributed by atoms with van der Waals surface area (Å²) in [4.78, 5) is 11.0. The van der Waals surface area contributed by atoms with Crippen LogP contribution in [0.25, 0.3) is 0 Å². The number of anilines is 1. The van der Waals surface area contributed by atoms with Crippen molar-refractivity contribution in [1.82, 2.24) is 15.3 Å². The Balaban J connectivity index is 1.77. The number of ether oxygens (including phenoxy) is 1. The molecule has 2 rings (SSSR count). The minimum absolute atomic E-state index is 0.711. The molecule has 0 radical (unpaired) electrons. The molecule has 0 aromatic carbocycles. The molecule has 1 aliphatic carbocycles. The molecular formula is C13H22N4O. The van der Waals surface area contributed by atoms with Gasteiger partial charge in [0.15, 0.2) is 0 Å². The van der Waals surface area contributed by atoms with Gasteiger partial charge in [-0.3, -0.25) is 4.98 Å². The first-order valence-corrected chi connectivity index (χ1v) is 6.54. The molecule has 0 unspecified atom stereocenters. The number of hydrogen-bond donors (Lipinski definition) is 1. The molecule has 5 nitrogen and oxygen atoms in total. The van der Waals surface area contributed by atoms with Crippen LogP contribution >= 0.6 is 0 Å². The van der Waals surface area contributed by atoms with Crippen LogP contribution in [0, 0.1) is 0 Å². The fourth-order valence-electron chi connectivity index (χ4n) is 1.73. The molecule has 1 aliphatic rings. The van der Waals surface area contributed by atoms with E-state index >= 15 is 0 Å². The average Bonchev–Trinajstić information content (AvgIpc) is 3.21. The predicted molar refractivity (Wildman–Crippen MR) is 71.7 cm³/mol. The standard InChI is InChI=1S/C13H22N4O/c1-17(6-3-7-18-2)13-10-15-12(9-16-13)8-14-11-4-5-11/h9-11,14H,3-8H2,1-2H3. The smallest absolute Gasteiger partial charge is 0.146 e. The van der Waals surface area contributed by atoms with E-state index in [1.165, 1.54) is 12.8 Å². The first kappa shape index (κ1) is 13.2. The molecule has 1 heterocycles.